The zero-order valence-electron chi connectivity index (χ0n) is 11.4. The van der Waals surface area contributed by atoms with Crippen molar-refractivity contribution >= 4 is 32.3 Å². The van der Waals surface area contributed by atoms with Crippen molar-refractivity contribution in [3.63, 3.8) is 0 Å². The van der Waals surface area contributed by atoms with Crippen LogP contribution in [0.25, 0.3) is 10.9 Å². The number of rotatable bonds is 4. The van der Waals surface area contributed by atoms with Crippen LogP contribution in [0.5, 0.6) is 0 Å². The first-order valence-corrected chi connectivity index (χ1v) is 8.54. The normalized spacial score (nSPS) is 12.5. The molecule has 0 unspecified atom stereocenters. The predicted molar refractivity (Wildman–Crippen MR) is 80.5 cm³/mol. The van der Waals surface area contributed by atoms with Crippen LogP contribution in [0, 0.1) is 0 Å². The van der Waals surface area contributed by atoms with E-state index in [1.807, 2.05) is 18.3 Å². The Kier molecular flexibility index (Phi) is 3.92. The zero-order chi connectivity index (χ0) is 14.2. The van der Waals surface area contributed by atoms with Gasteiger partial charge in [0.15, 0.2) is 9.84 Å². The zero-order valence-corrected chi connectivity index (χ0v) is 12.9. The monoisotopic (exact) mass is 299 g/mol. The third-order valence-electron chi connectivity index (χ3n) is 3.26. The topological polar surface area (TPSA) is 39.1 Å². The van der Waals surface area contributed by atoms with Crippen molar-refractivity contribution in [3.05, 3.63) is 35.0 Å². The first kappa shape index (κ1) is 14.4. The van der Waals surface area contributed by atoms with Crippen LogP contribution in [0.1, 0.15) is 32.4 Å². The van der Waals surface area contributed by atoms with Gasteiger partial charge in [-0.05, 0) is 31.5 Å². The minimum absolute atomic E-state index is 0.0451. The lowest BCUT2D eigenvalue weighted by Crippen LogP contribution is -2.06. The Morgan fingerprint density at radius 3 is 2.58 bits per heavy atom. The van der Waals surface area contributed by atoms with E-state index < -0.39 is 9.84 Å². The van der Waals surface area contributed by atoms with E-state index in [1.54, 1.807) is 13.0 Å². The summed E-state index contributed by atoms with van der Waals surface area (Å²) in [7, 11) is -3.07. The van der Waals surface area contributed by atoms with Gasteiger partial charge in [-0.1, -0.05) is 24.6 Å². The van der Waals surface area contributed by atoms with Gasteiger partial charge in [-0.15, -0.1) is 0 Å². The molecule has 0 N–H and O–H groups in total. The van der Waals surface area contributed by atoms with Crippen LogP contribution in [-0.4, -0.2) is 18.7 Å². The molecule has 3 nitrogen and oxygen atoms in total. The largest absolute Gasteiger partial charge is 0.345 e. The molecule has 0 aliphatic rings. The molecular formula is C14H18ClNO2S. The van der Waals surface area contributed by atoms with Gasteiger partial charge in [0.25, 0.3) is 0 Å². The molecule has 0 aliphatic carbocycles. The predicted octanol–water partition coefficient (Wildman–Crippen LogP) is 3.81. The van der Waals surface area contributed by atoms with Gasteiger partial charge in [0.2, 0.25) is 0 Å². The summed E-state index contributed by atoms with van der Waals surface area (Å²) >= 11 is 6.24. The highest BCUT2D eigenvalue weighted by Crippen LogP contribution is 2.31. The number of benzene rings is 1. The summed E-state index contributed by atoms with van der Waals surface area (Å²) < 4.78 is 25.8. The van der Waals surface area contributed by atoms with E-state index in [-0.39, 0.29) is 17.5 Å². The highest BCUT2D eigenvalue weighted by atomic mass is 35.5. The van der Waals surface area contributed by atoms with Crippen molar-refractivity contribution in [2.75, 3.05) is 5.75 Å². The lowest BCUT2D eigenvalue weighted by Gasteiger charge is -2.08. The van der Waals surface area contributed by atoms with Gasteiger partial charge in [-0.3, -0.25) is 0 Å². The van der Waals surface area contributed by atoms with Crippen LogP contribution < -0.4 is 0 Å². The van der Waals surface area contributed by atoms with E-state index >= 15 is 0 Å². The molecule has 5 heteroatoms. The summed E-state index contributed by atoms with van der Waals surface area (Å²) in [5.74, 6) is 0.190. The highest BCUT2D eigenvalue weighted by molar-refractivity contribution is 7.90. The summed E-state index contributed by atoms with van der Waals surface area (Å²) in [5, 5.41) is 1.47. The van der Waals surface area contributed by atoms with Crippen LogP contribution >= 0.6 is 11.6 Å². The Morgan fingerprint density at radius 2 is 2.00 bits per heavy atom. The average molecular weight is 300 g/mol. The number of sulfone groups is 1. The van der Waals surface area contributed by atoms with Crippen LogP contribution in [0.3, 0.4) is 0 Å². The maximum absolute atomic E-state index is 11.9. The molecule has 0 fully saturated rings. The molecule has 2 rings (SSSR count). The third-order valence-corrected chi connectivity index (χ3v) is 5.20. The number of nitrogens with zero attached hydrogens (tertiary/aromatic N) is 1. The fourth-order valence-electron chi connectivity index (χ4n) is 2.22. The summed E-state index contributed by atoms with van der Waals surface area (Å²) in [4.78, 5) is 0. The van der Waals surface area contributed by atoms with E-state index in [2.05, 4.69) is 18.4 Å². The summed E-state index contributed by atoms with van der Waals surface area (Å²) in [6, 6.07) is 5.93. The molecule has 1 aromatic carbocycles. The molecule has 0 atom stereocenters. The van der Waals surface area contributed by atoms with E-state index in [9.17, 15) is 8.42 Å². The molecule has 2 aromatic rings. The maximum atomic E-state index is 11.9. The Hall–Kier alpha value is -1.00. The van der Waals surface area contributed by atoms with Gasteiger partial charge in [0.05, 0.1) is 16.3 Å². The first-order valence-electron chi connectivity index (χ1n) is 6.34. The molecular weight excluding hydrogens is 282 g/mol. The van der Waals surface area contributed by atoms with Crippen molar-refractivity contribution in [2.24, 2.45) is 0 Å². The average Bonchev–Trinajstić information content (AvgIpc) is 2.69. The second-order valence-corrected chi connectivity index (χ2v) is 7.73. The maximum Gasteiger partial charge on any atom is 0.154 e. The molecule has 104 valence electrons. The smallest absolute Gasteiger partial charge is 0.154 e. The van der Waals surface area contributed by atoms with Gasteiger partial charge >= 0.3 is 0 Å². The standard InChI is InChI=1S/C14H18ClNO2S/c1-4-19(17,18)9-11-8-16(10(2)3)13-7-5-6-12(15)14(11)13/h5-8,10H,4,9H2,1-3H3. The summed E-state index contributed by atoms with van der Waals surface area (Å²) in [6.45, 7) is 5.80. The molecule has 0 saturated heterocycles. The number of fused-ring (bicyclic) bond motifs is 1. The van der Waals surface area contributed by atoms with Crippen molar-refractivity contribution < 1.29 is 8.42 Å². The molecule has 1 heterocycles. The van der Waals surface area contributed by atoms with Crippen molar-refractivity contribution in [2.45, 2.75) is 32.6 Å². The quantitative estimate of drug-likeness (QED) is 0.861. The van der Waals surface area contributed by atoms with E-state index in [0.29, 0.717) is 5.02 Å². The van der Waals surface area contributed by atoms with Gasteiger partial charge in [-0.2, -0.15) is 0 Å². The number of aromatic nitrogens is 1. The number of hydrogen-bond acceptors (Lipinski definition) is 2. The van der Waals surface area contributed by atoms with Gasteiger partial charge < -0.3 is 4.57 Å². The van der Waals surface area contributed by atoms with E-state index in [0.717, 1.165) is 16.5 Å². The SMILES string of the molecule is CCS(=O)(=O)Cc1cn(C(C)C)c2cccc(Cl)c12. The lowest BCUT2D eigenvalue weighted by molar-refractivity contribution is 0.595. The van der Waals surface area contributed by atoms with E-state index in [4.69, 9.17) is 11.6 Å². The molecule has 0 spiro atoms. The van der Waals surface area contributed by atoms with Crippen molar-refractivity contribution in [1.82, 2.24) is 4.57 Å². The van der Waals surface area contributed by atoms with Gasteiger partial charge in [0.1, 0.15) is 0 Å². The Morgan fingerprint density at radius 1 is 1.32 bits per heavy atom. The molecule has 0 saturated carbocycles. The van der Waals surface area contributed by atoms with Crippen LogP contribution in [0.2, 0.25) is 5.02 Å². The van der Waals surface area contributed by atoms with Gasteiger partial charge in [-0.25, -0.2) is 8.42 Å². The number of hydrogen-bond donors (Lipinski definition) is 0. The van der Waals surface area contributed by atoms with Crippen molar-refractivity contribution in [3.8, 4) is 0 Å². The fourth-order valence-corrected chi connectivity index (χ4v) is 3.41. The molecule has 19 heavy (non-hydrogen) atoms. The van der Waals surface area contributed by atoms with Crippen LogP contribution in [0.4, 0.5) is 0 Å². The molecule has 0 amide bonds. The summed E-state index contributed by atoms with van der Waals surface area (Å²) in [6.07, 6.45) is 1.91. The molecule has 1 aromatic heterocycles. The minimum atomic E-state index is -3.07. The lowest BCUT2D eigenvalue weighted by atomic mass is 10.2. The molecule has 0 bridgehead atoms. The Bertz CT molecular complexity index is 702. The molecule has 0 aliphatic heterocycles. The van der Waals surface area contributed by atoms with Crippen LogP contribution in [-0.2, 0) is 15.6 Å². The Balaban J connectivity index is 2.68. The highest BCUT2D eigenvalue weighted by Gasteiger charge is 2.17. The summed E-state index contributed by atoms with van der Waals surface area (Å²) in [5.41, 5.74) is 1.78. The minimum Gasteiger partial charge on any atom is -0.345 e. The fraction of sp³-hybridized carbons (Fsp3) is 0.429. The third kappa shape index (κ3) is 2.79. The van der Waals surface area contributed by atoms with Crippen molar-refractivity contribution in [1.29, 1.82) is 0 Å². The van der Waals surface area contributed by atoms with E-state index in [1.165, 1.54) is 0 Å². The first-order chi connectivity index (χ1) is 8.85. The second kappa shape index (κ2) is 5.17. The molecule has 0 radical (unpaired) electrons. The van der Waals surface area contributed by atoms with Gasteiger partial charge in [0, 0.05) is 23.4 Å². The number of halogens is 1. The van der Waals surface area contributed by atoms with Crippen LogP contribution in [0.15, 0.2) is 24.4 Å². The second-order valence-electron chi connectivity index (χ2n) is 4.97. The Labute approximate surface area is 119 Å².